The van der Waals surface area contributed by atoms with Crippen molar-refractivity contribution in [3.8, 4) is 0 Å². The molecule has 144 valence electrons. The molecule has 0 unspecified atom stereocenters. The third-order valence-corrected chi connectivity index (χ3v) is 4.60. The average Bonchev–Trinajstić information content (AvgIpc) is 3.27. The van der Waals surface area contributed by atoms with Gasteiger partial charge in [0, 0.05) is 13.0 Å². The Morgan fingerprint density at radius 2 is 1.48 bits per heavy atom. The predicted octanol–water partition coefficient (Wildman–Crippen LogP) is 3.34. The molecule has 0 amide bonds. The SMILES string of the molecule is C=CC(=O)OCCOCCOC(C)(OC1CCCC1)OC1CCCC1. The second kappa shape index (κ2) is 10.9. The smallest absolute Gasteiger partial charge is 0.330 e. The second-order valence-electron chi connectivity index (χ2n) is 6.74. The van der Waals surface area contributed by atoms with Crippen molar-refractivity contribution in [2.45, 2.75) is 76.5 Å². The molecular weight excluding hydrogens is 324 g/mol. The Morgan fingerprint density at radius 1 is 0.960 bits per heavy atom. The zero-order valence-corrected chi connectivity index (χ0v) is 15.4. The van der Waals surface area contributed by atoms with E-state index in [1.807, 2.05) is 6.92 Å². The van der Waals surface area contributed by atoms with Crippen LogP contribution in [0.3, 0.4) is 0 Å². The minimum Gasteiger partial charge on any atom is -0.460 e. The largest absolute Gasteiger partial charge is 0.460 e. The minimum absolute atomic E-state index is 0.208. The minimum atomic E-state index is -1.01. The van der Waals surface area contributed by atoms with Gasteiger partial charge in [-0.05, 0) is 25.7 Å². The van der Waals surface area contributed by atoms with Crippen molar-refractivity contribution >= 4 is 5.97 Å². The summed E-state index contributed by atoms with van der Waals surface area (Å²) < 4.78 is 28.5. The first kappa shape index (κ1) is 20.4. The molecular formula is C19H32O6. The lowest BCUT2D eigenvalue weighted by Gasteiger charge is -2.34. The molecule has 6 nitrogen and oxygen atoms in total. The average molecular weight is 356 g/mol. The van der Waals surface area contributed by atoms with Crippen LogP contribution in [0.25, 0.3) is 0 Å². The van der Waals surface area contributed by atoms with Crippen molar-refractivity contribution in [1.82, 2.24) is 0 Å². The van der Waals surface area contributed by atoms with Gasteiger partial charge in [0.05, 0.1) is 32.0 Å². The van der Waals surface area contributed by atoms with E-state index in [1.165, 1.54) is 25.7 Å². The molecule has 25 heavy (non-hydrogen) atoms. The summed E-state index contributed by atoms with van der Waals surface area (Å²) in [5.41, 5.74) is 0. The fourth-order valence-electron chi connectivity index (χ4n) is 3.36. The van der Waals surface area contributed by atoms with Crippen molar-refractivity contribution < 1.29 is 28.5 Å². The number of ether oxygens (including phenoxy) is 5. The molecule has 0 aromatic rings. The maximum absolute atomic E-state index is 10.9. The summed E-state index contributed by atoms with van der Waals surface area (Å²) in [6.45, 7) is 6.50. The molecule has 6 heteroatoms. The van der Waals surface area contributed by atoms with E-state index >= 15 is 0 Å². The lowest BCUT2D eigenvalue weighted by molar-refractivity contribution is -0.396. The highest BCUT2D eigenvalue weighted by Gasteiger charge is 2.35. The third kappa shape index (κ3) is 7.86. The third-order valence-electron chi connectivity index (χ3n) is 4.60. The summed E-state index contributed by atoms with van der Waals surface area (Å²) in [6, 6.07) is 0. The topological polar surface area (TPSA) is 63.2 Å². The van der Waals surface area contributed by atoms with Gasteiger partial charge in [-0.2, -0.15) is 0 Å². The summed E-state index contributed by atoms with van der Waals surface area (Å²) >= 11 is 0. The lowest BCUT2D eigenvalue weighted by Crippen LogP contribution is -2.42. The van der Waals surface area contributed by atoms with E-state index in [0.717, 1.165) is 31.8 Å². The van der Waals surface area contributed by atoms with Gasteiger partial charge in [-0.1, -0.05) is 32.3 Å². The van der Waals surface area contributed by atoms with Crippen LogP contribution in [0.1, 0.15) is 58.3 Å². The van der Waals surface area contributed by atoms with Crippen molar-refractivity contribution in [2.75, 3.05) is 26.4 Å². The molecule has 0 saturated heterocycles. The highest BCUT2D eigenvalue weighted by molar-refractivity contribution is 5.81. The zero-order valence-electron chi connectivity index (χ0n) is 15.4. The molecule has 0 aliphatic heterocycles. The molecule has 2 aliphatic rings. The number of esters is 1. The van der Waals surface area contributed by atoms with Crippen LogP contribution in [0, 0.1) is 0 Å². The number of rotatable bonds is 12. The predicted molar refractivity (Wildman–Crippen MR) is 93.0 cm³/mol. The summed E-state index contributed by atoms with van der Waals surface area (Å²) in [5, 5.41) is 0. The lowest BCUT2D eigenvalue weighted by atomic mass is 10.3. The molecule has 0 radical (unpaired) electrons. The zero-order chi connectivity index (χ0) is 18.0. The van der Waals surface area contributed by atoms with E-state index in [-0.39, 0.29) is 18.8 Å². The van der Waals surface area contributed by atoms with Gasteiger partial charge in [-0.3, -0.25) is 0 Å². The molecule has 0 aromatic carbocycles. The molecule has 0 bridgehead atoms. The molecule has 2 aliphatic carbocycles. The Balaban J connectivity index is 1.67. The monoisotopic (exact) mass is 356 g/mol. The van der Waals surface area contributed by atoms with Gasteiger partial charge in [0.1, 0.15) is 6.61 Å². The Hall–Kier alpha value is -0.950. The first-order valence-corrected chi connectivity index (χ1v) is 9.48. The molecule has 2 fully saturated rings. The van der Waals surface area contributed by atoms with Crippen molar-refractivity contribution in [3.63, 3.8) is 0 Å². The van der Waals surface area contributed by atoms with E-state index in [2.05, 4.69) is 6.58 Å². The van der Waals surface area contributed by atoms with E-state index < -0.39 is 11.9 Å². The molecule has 2 saturated carbocycles. The molecule has 0 aromatic heterocycles. The summed E-state index contributed by atoms with van der Waals surface area (Å²) in [7, 11) is 0. The normalized spacial score (nSPS) is 19.4. The quantitative estimate of drug-likeness (QED) is 0.231. The van der Waals surface area contributed by atoms with Crippen LogP contribution >= 0.6 is 0 Å². The van der Waals surface area contributed by atoms with Gasteiger partial charge in [0.2, 0.25) is 0 Å². The van der Waals surface area contributed by atoms with Gasteiger partial charge in [-0.25, -0.2) is 4.79 Å². The van der Waals surface area contributed by atoms with Gasteiger partial charge in [-0.15, -0.1) is 0 Å². The van der Waals surface area contributed by atoms with Crippen molar-refractivity contribution in [1.29, 1.82) is 0 Å². The Morgan fingerprint density at radius 3 is 2.00 bits per heavy atom. The summed E-state index contributed by atoms with van der Waals surface area (Å²) in [5.74, 6) is -1.45. The maximum Gasteiger partial charge on any atom is 0.330 e. The Kier molecular flexibility index (Phi) is 8.89. The van der Waals surface area contributed by atoms with E-state index in [4.69, 9.17) is 23.7 Å². The second-order valence-corrected chi connectivity index (χ2v) is 6.74. The van der Waals surface area contributed by atoms with Crippen LogP contribution in [0.15, 0.2) is 12.7 Å². The molecule has 2 rings (SSSR count). The number of carbonyl (C=O) groups is 1. The maximum atomic E-state index is 10.9. The molecule has 0 spiro atoms. The molecule has 0 N–H and O–H groups in total. The summed E-state index contributed by atoms with van der Waals surface area (Å²) in [4.78, 5) is 10.9. The highest BCUT2D eigenvalue weighted by Crippen LogP contribution is 2.31. The van der Waals surface area contributed by atoms with E-state index in [1.54, 1.807) is 0 Å². The van der Waals surface area contributed by atoms with Crippen LogP contribution in [-0.2, 0) is 28.5 Å². The van der Waals surface area contributed by atoms with Crippen LogP contribution in [0.4, 0.5) is 0 Å². The van der Waals surface area contributed by atoms with E-state index in [0.29, 0.717) is 19.8 Å². The number of carbonyl (C=O) groups excluding carboxylic acids is 1. The Bertz CT molecular complexity index is 381. The van der Waals surface area contributed by atoms with Gasteiger partial charge >= 0.3 is 5.97 Å². The van der Waals surface area contributed by atoms with Gasteiger partial charge in [0.15, 0.2) is 0 Å². The standard InChI is InChI=1S/C19H32O6/c1-3-18(20)22-14-12-21-13-15-23-19(2,24-16-8-4-5-9-16)25-17-10-6-7-11-17/h3,16-17H,1,4-15H2,2H3. The number of hydrogen-bond acceptors (Lipinski definition) is 6. The van der Waals surface area contributed by atoms with Crippen LogP contribution in [0.5, 0.6) is 0 Å². The van der Waals surface area contributed by atoms with Crippen LogP contribution in [-0.4, -0.2) is 50.6 Å². The van der Waals surface area contributed by atoms with Gasteiger partial charge < -0.3 is 23.7 Å². The Labute approximate surface area is 150 Å². The number of hydrogen-bond donors (Lipinski definition) is 0. The van der Waals surface area contributed by atoms with Gasteiger partial charge in [0.25, 0.3) is 5.97 Å². The van der Waals surface area contributed by atoms with E-state index in [9.17, 15) is 4.79 Å². The van der Waals surface area contributed by atoms with Crippen LogP contribution in [0.2, 0.25) is 0 Å². The highest BCUT2D eigenvalue weighted by atomic mass is 16.9. The van der Waals surface area contributed by atoms with Crippen LogP contribution < -0.4 is 0 Å². The first-order chi connectivity index (χ1) is 12.1. The van der Waals surface area contributed by atoms with Crippen molar-refractivity contribution in [2.24, 2.45) is 0 Å². The molecule has 0 heterocycles. The molecule has 0 atom stereocenters. The fourth-order valence-corrected chi connectivity index (χ4v) is 3.36. The first-order valence-electron chi connectivity index (χ1n) is 9.48. The summed E-state index contributed by atoms with van der Waals surface area (Å²) in [6.07, 6.45) is 10.7. The van der Waals surface area contributed by atoms with Crippen molar-refractivity contribution in [3.05, 3.63) is 12.7 Å². The fraction of sp³-hybridized carbons (Fsp3) is 0.842.